The van der Waals surface area contributed by atoms with Crippen molar-refractivity contribution < 1.29 is 23.9 Å². The molecule has 0 aromatic carbocycles. The molecule has 1 aliphatic heterocycles. The van der Waals surface area contributed by atoms with Crippen LogP contribution in [0.25, 0.3) is 9.75 Å². The van der Waals surface area contributed by atoms with Gasteiger partial charge in [0.05, 0.1) is 4.88 Å². The van der Waals surface area contributed by atoms with Crippen LogP contribution in [0, 0.1) is 47.3 Å². The Morgan fingerprint density at radius 2 is 0.980 bits per heavy atom. The van der Waals surface area contributed by atoms with Gasteiger partial charge in [0, 0.05) is 23.7 Å². The lowest BCUT2D eigenvalue weighted by atomic mass is 9.64. The highest BCUT2D eigenvalue weighted by Crippen LogP contribution is 2.57. The molecule has 2 aromatic rings. The van der Waals surface area contributed by atoms with Crippen molar-refractivity contribution in [2.24, 2.45) is 57.3 Å². The van der Waals surface area contributed by atoms with Crippen molar-refractivity contribution in [3.63, 3.8) is 0 Å². The average Bonchev–Trinajstić information content (AvgIpc) is 3.85. The first-order valence-corrected chi connectivity index (χ1v) is 20.6. The van der Waals surface area contributed by atoms with E-state index in [0.29, 0.717) is 39.8 Å². The molecule has 9 nitrogen and oxygen atoms in total. The van der Waals surface area contributed by atoms with Gasteiger partial charge in [-0.3, -0.25) is 19.2 Å². The molecule has 8 atom stereocenters. The summed E-state index contributed by atoms with van der Waals surface area (Å²) in [6.07, 6.45) is 17.4. The molecule has 2 aromatic heterocycles. The summed E-state index contributed by atoms with van der Waals surface area (Å²) in [7, 11) is 0. The van der Waals surface area contributed by atoms with Gasteiger partial charge < -0.3 is 4.74 Å². The number of carbonyl (C=O) groups is 4. The number of hydrogen-bond acceptors (Lipinski definition) is 11. The third-order valence-electron chi connectivity index (χ3n) is 13.8. The van der Waals surface area contributed by atoms with Crippen molar-refractivity contribution in [3.05, 3.63) is 5.69 Å². The molecule has 7 aliphatic carbocycles. The van der Waals surface area contributed by atoms with E-state index >= 15 is 0 Å². The number of aliphatic imine (C=N–C) groups is 2. The van der Waals surface area contributed by atoms with E-state index < -0.39 is 5.60 Å². The molecular weight excluding hydrogens is 657 g/mol. The van der Waals surface area contributed by atoms with E-state index in [-0.39, 0.29) is 58.2 Å². The van der Waals surface area contributed by atoms with Gasteiger partial charge in [-0.1, -0.05) is 80.5 Å². The van der Waals surface area contributed by atoms with Crippen LogP contribution in [0.1, 0.15) is 115 Å². The van der Waals surface area contributed by atoms with E-state index in [1.165, 1.54) is 48.4 Å². The zero-order chi connectivity index (χ0) is 33.0. The van der Waals surface area contributed by atoms with E-state index in [9.17, 15) is 19.2 Å². The molecule has 3 heterocycles. The number of ketones is 4. The zero-order valence-electron chi connectivity index (χ0n) is 27.8. The fraction of sp³-hybridized carbons (Fsp3) is 0.684. The van der Waals surface area contributed by atoms with Gasteiger partial charge in [0.25, 0.3) is 0 Å². The fourth-order valence-corrected chi connectivity index (χ4v) is 13.4. The number of aromatic nitrogens is 2. The maximum atomic E-state index is 13.7. The van der Waals surface area contributed by atoms with Crippen molar-refractivity contribution in [1.82, 2.24) is 9.97 Å². The molecule has 7 saturated carbocycles. The molecule has 0 bridgehead atoms. The van der Waals surface area contributed by atoms with E-state index in [1.54, 1.807) is 0 Å². The summed E-state index contributed by atoms with van der Waals surface area (Å²) < 4.78 is 6.72. The third kappa shape index (κ3) is 4.80. The van der Waals surface area contributed by atoms with E-state index in [4.69, 9.17) is 19.7 Å². The number of thiazole rings is 2. The van der Waals surface area contributed by atoms with Gasteiger partial charge in [0.15, 0.2) is 40.2 Å². The smallest absolute Gasteiger partial charge is 0.236 e. The third-order valence-corrected chi connectivity index (χ3v) is 15.9. The van der Waals surface area contributed by atoms with Crippen LogP contribution in [0.2, 0.25) is 0 Å². The first-order valence-electron chi connectivity index (χ1n) is 18.9. The fourth-order valence-electron chi connectivity index (χ4n) is 11.4. The van der Waals surface area contributed by atoms with Gasteiger partial charge in [0.1, 0.15) is 10.6 Å². The quantitative estimate of drug-likeness (QED) is 0.312. The minimum absolute atomic E-state index is 0.0586. The molecule has 8 aliphatic rings. The monoisotopic (exact) mass is 698 g/mol. The molecule has 10 rings (SSSR count). The molecule has 11 heteroatoms. The molecule has 49 heavy (non-hydrogen) atoms. The molecule has 7 fully saturated rings. The van der Waals surface area contributed by atoms with Gasteiger partial charge in [0.2, 0.25) is 16.1 Å². The molecular formula is C38H42N4O5S2. The SMILES string of the molecule is O=C1C(=Nc2nc3c(s2)-c2sc(N=C4C(=O)C5CC6CCCCC6CC5C4=O)nc2C2(CCCCC2)O3)C(=O)C2CC3CCCCC3CC12. The number of ether oxygens (including phenoxy) is 1. The predicted molar refractivity (Wildman–Crippen MR) is 186 cm³/mol. The van der Waals surface area contributed by atoms with Crippen molar-refractivity contribution in [1.29, 1.82) is 0 Å². The van der Waals surface area contributed by atoms with Crippen LogP contribution < -0.4 is 4.74 Å². The number of nitrogens with zero attached hydrogens (tertiary/aromatic N) is 4. The lowest BCUT2D eigenvalue weighted by molar-refractivity contribution is -0.123. The first-order chi connectivity index (χ1) is 23.9. The Kier molecular flexibility index (Phi) is 7.28. The highest BCUT2D eigenvalue weighted by atomic mass is 32.1. The second-order valence-corrected chi connectivity index (χ2v) is 18.3. The van der Waals surface area contributed by atoms with Crippen LogP contribution >= 0.6 is 22.7 Å². The van der Waals surface area contributed by atoms with Crippen molar-refractivity contribution in [3.8, 4) is 15.6 Å². The Balaban J connectivity index is 0.985. The minimum atomic E-state index is -0.661. The van der Waals surface area contributed by atoms with Gasteiger partial charge in [-0.2, -0.15) is 4.98 Å². The first kappa shape index (κ1) is 30.9. The number of rotatable bonds is 2. The minimum Gasteiger partial charge on any atom is -0.463 e. The van der Waals surface area contributed by atoms with Gasteiger partial charge >= 0.3 is 0 Å². The summed E-state index contributed by atoms with van der Waals surface area (Å²) in [5, 5.41) is 0.761. The summed E-state index contributed by atoms with van der Waals surface area (Å²) in [4.78, 5) is 75.4. The van der Waals surface area contributed by atoms with E-state index in [0.717, 1.165) is 98.9 Å². The van der Waals surface area contributed by atoms with Crippen LogP contribution in [0.3, 0.4) is 0 Å². The summed E-state index contributed by atoms with van der Waals surface area (Å²) in [5.41, 5.74) is 0.277. The second-order valence-electron chi connectivity index (χ2n) is 16.3. The number of hydrogen-bond donors (Lipinski definition) is 0. The van der Waals surface area contributed by atoms with Crippen LogP contribution in [0.5, 0.6) is 5.88 Å². The van der Waals surface area contributed by atoms with E-state index in [1.807, 2.05) is 0 Å². The standard InChI is InChI=1S/C38H42N4O5S2/c43-28-22-14-18-8-2-3-9-19(18)15-23(22)29(44)26(28)39-36-41-34-32(48-36)33-35(47-38(34)12-6-1-7-13-38)42-37(49-33)40-27-30(45)24-16-20-10-4-5-11-21(20)17-25(24)31(27)46/h18-25H,1-17H2. The Morgan fingerprint density at radius 3 is 1.45 bits per heavy atom. The Bertz CT molecular complexity index is 1780. The van der Waals surface area contributed by atoms with Crippen LogP contribution in [0.15, 0.2) is 9.98 Å². The maximum absolute atomic E-state index is 13.7. The highest BCUT2D eigenvalue weighted by Gasteiger charge is 2.54. The summed E-state index contributed by atoms with van der Waals surface area (Å²) >= 11 is 2.69. The van der Waals surface area contributed by atoms with Gasteiger partial charge in [-0.25, -0.2) is 15.0 Å². The normalized spacial score (nSPS) is 36.0. The largest absolute Gasteiger partial charge is 0.463 e. The molecule has 256 valence electrons. The van der Waals surface area contributed by atoms with Crippen LogP contribution in [0.4, 0.5) is 10.3 Å². The molecule has 0 N–H and O–H groups in total. The zero-order valence-corrected chi connectivity index (χ0v) is 29.4. The average molecular weight is 699 g/mol. The molecule has 0 amide bonds. The van der Waals surface area contributed by atoms with Crippen LogP contribution in [-0.4, -0.2) is 44.5 Å². The molecule has 8 unspecified atom stereocenters. The summed E-state index contributed by atoms with van der Waals surface area (Å²) in [5.74, 6) is 1.26. The Labute approximate surface area is 293 Å². The number of fused-ring (bicyclic) bond motifs is 8. The molecule has 0 radical (unpaired) electrons. The lowest BCUT2D eigenvalue weighted by Crippen LogP contribution is -2.38. The van der Waals surface area contributed by atoms with Crippen molar-refractivity contribution in [2.75, 3.05) is 0 Å². The Morgan fingerprint density at radius 1 is 0.551 bits per heavy atom. The van der Waals surface area contributed by atoms with Gasteiger partial charge in [-0.05, 0) is 75.0 Å². The van der Waals surface area contributed by atoms with Crippen molar-refractivity contribution in [2.45, 2.75) is 115 Å². The van der Waals surface area contributed by atoms with Crippen molar-refractivity contribution >= 4 is 67.5 Å². The van der Waals surface area contributed by atoms with Crippen LogP contribution in [-0.2, 0) is 24.8 Å². The topological polar surface area (TPSA) is 128 Å². The number of Topliss-reactive ketones (excluding diaryl/α,β-unsaturated/α-hetero) is 4. The van der Waals surface area contributed by atoms with E-state index in [2.05, 4.69) is 4.99 Å². The summed E-state index contributed by atoms with van der Waals surface area (Å²) in [6.45, 7) is 0. The molecule has 0 saturated heterocycles. The number of carbonyl (C=O) groups excluding carboxylic acids is 4. The lowest BCUT2D eigenvalue weighted by Gasteiger charge is -2.39. The summed E-state index contributed by atoms with van der Waals surface area (Å²) in [6, 6.07) is 0. The predicted octanol–water partition coefficient (Wildman–Crippen LogP) is 7.93. The highest BCUT2D eigenvalue weighted by molar-refractivity contribution is 7.25. The van der Waals surface area contributed by atoms with Gasteiger partial charge in [-0.15, -0.1) is 0 Å². The Hall–Kier alpha value is -2.92. The molecule has 1 spiro atoms. The maximum Gasteiger partial charge on any atom is 0.236 e. The second kappa shape index (κ2) is 11.6.